The molecular weight excluding hydrogens is 306 g/mol. The van der Waals surface area contributed by atoms with Crippen molar-refractivity contribution < 1.29 is 9.15 Å². The van der Waals surface area contributed by atoms with Crippen molar-refractivity contribution in [3.05, 3.63) is 52.4 Å². The van der Waals surface area contributed by atoms with E-state index in [1.165, 1.54) is 12.8 Å². The van der Waals surface area contributed by atoms with E-state index in [9.17, 15) is 0 Å². The third kappa shape index (κ3) is 3.85. The molecule has 2 aromatic rings. The van der Waals surface area contributed by atoms with Crippen LogP contribution < -0.4 is 10.1 Å². The lowest BCUT2D eigenvalue weighted by atomic mass is 10.3. The van der Waals surface area contributed by atoms with Crippen LogP contribution in [0.1, 0.15) is 24.4 Å². The molecule has 0 bridgehead atoms. The van der Waals surface area contributed by atoms with E-state index in [2.05, 4.69) is 21.2 Å². The van der Waals surface area contributed by atoms with Crippen molar-refractivity contribution in [3.63, 3.8) is 0 Å². The number of ether oxygens (including phenoxy) is 1. The van der Waals surface area contributed by atoms with Gasteiger partial charge in [-0.2, -0.15) is 0 Å². The van der Waals surface area contributed by atoms with Gasteiger partial charge in [0.1, 0.15) is 23.9 Å². The van der Waals surface area contributed by atoms with Gasteiger partial charge in [-0.1, -0.05) is 15.9 Å². The summed E-state index contributed by atoms with van der Waals surface area (Å²) in [4.78, 5) is 0. The lowest BCUT2D eigenvalue weighted by Crippen LogP contribution is -2.14. The molecule has 1 aliphatic carbocycles. The average Bonchev–Trinajstić information content (AvgIpc) is 3.15. The second-order valence-electron chi connectivity index (χ2n) is 4.77. The minimum Gasteiger partial charge on any atom is -0.486 e. The van der Waals surface area contributed by atoms with Crippen LogP contribution in [0.3, 0.4) is 0 Å². The summed E-state index contributed by atoms with van der Waals surface area (Å²) in [6, 6.07) is 12.5. The molecule has 3 nitrogen and oxygen atoms in total. The van der Waals surface area contributed by atoms with Crippen molar-refractivity contribution >= 4 is 15.9 Å². The Kier molecular flexibility index (Phi) is 3.89. The molecule has 3 rings (SSSR count). The first-order chi connectivity index (χ1) is 9.29. The number of furan rings is 1. The standard InChI is InChI=1S/C15H16BrNO2/c16-11-1-5-13(6-2-11)18-10-15-8-7-14(19-15)9-17-12-3-4-12/h1-2,5-8,12,17H,3-4,9-10H2. The Labute approximate surface area is 121 Å². The second-order valence-corrected chi connectivity index (χ2v) is 5.68. The maximum Gasteiger partial charge on any atom is 0.146 e. The van der Waals surface area contributed by atoms with Gasteiger partial charge in [0.05, 0.1) is 6.54 Å². The van der Waals surface area contributed by atoms with Crippen molar-refractivity contribution in [2.75, 3.05) is 0 Å². The molecule has 1 aliphatic rings. The highest BCUT2D eigenvalue weighted by Crippen LogP contribution is 2.20. The van der Waals surface area contributed by atoms with Crippen molar-refractivity contribution in [1.82, 2.24) is 5.32 Å². The second kappa shape index (κ2) is 5.80. The highest BCUT2D eigenvalue weighted by molar-refractivity contribution is 9.10. The van der Waals surface area contributed by atoms with Gasteiger partial charge >= 0.3 is 0 Å². The molecule has 0 atom stereocenters. The van der Waals surface area contributed by atoms with E-state index in [1.54, 1.807) is 0 Å². The van der Waals surface area contributed by atoms with Gasteiger partial charge in [-0.15, -0.1) is 0 Å². The molecule has 1 saturated carbocycles. The zero-order valence-corrected chi connectivity index (χ0v) is 12.2. The van der Waals surface area contributed by atoms with Crippen LogP contribution >= 0.6 is 15.9 Å². The molecule has 4 heteroatoms. The van der Waals surface area contributed by atoms with Crippen molar-refractivity contribution in [3.8, 4) is 5.75 Å². The summed E-state index contributed by atoms with van der Waals surface area (Å²) >= 11 is 3.40. The fraction of sp³-hybridized carbons (Fsp3) is 0.333. The van der Waals surface area contributed by atoms with Gasteiger partial charge in [-0.05, 0) is 49.2 Å². The number of rotatable bonds is 6. The van der Waals surface area contributed by atoms with Crippen LogP contribution in [0.5, 0.6) is 5.75 Å². The van der Waals surface area contributed by atoms with Crippen LogP contribution in [0.2, 0.25) is 0 Å². The SMILES string of the molecule is Brc1ccc(OCc2ccc(CNC3CC3)o2)cc1. The summed E-state index contributed by atoms with van der Waals surface area (Å²) in [5, 5.41) is 3.43. The predicted octanol–water partition coefficient (Wildman–Crippen LogP) is 3.87. The van der Waals surface area contributed by atoms with E-state index in [1.807, 2.05) is 36.4 Å². The van der Waals surface area contributed by atoms with Crippen LogP contribution in [-0.4, -0.2) is 6.04 Å². The van der Waals surface area contributed by atoms with Crippen LogP contribution in [-0.2, 0) is 13.2 Å². The largest absolute Gasteiger partial charge is 0.486 e. The molecule has 1 aromatic heterocycles. The molecule has 1 fully saturated rings. The summed E-state index contributed by atoms with van der Waals surface area (Å²) in [6.45, 7) is 1.27. The summed E-state index contributed by atoms with van der Waals surface area (Å²) in [7, 11) is 0. The Hall–Kier alpha value is -1.26. The maximum absolute atomic E-state index is 5.71. The van der Waals surface area contributed by atoms with Crippen LogP contribution in [0.15, 0.2) is 45.3 Å². The third-order valence-corrected chi connectivity index (χ3v) is 3.58. The van der Waals surface area contributed by atoms with E-state index in [-0.39, 0.29) is 0 Å². The smallest absolute Gasteiger partial charge is 0.146 e. The number of hydrogen-bond acceptors (Lipinski definition) is 3. The Morgan fingerprint density at radius 3 is 2.58 bits per heavy atom. The summed E-state index contributed by atoms with van der Waals surface area (Å²) < 4.78 is 12.4. The quantitative estimate of drug-likeness (QED) is 0.877. The van der Waals surface area contributed by atoms with Gasteiger partial charge in [0, 0.05) is 10.5 Å². The van der Waals surface area contributed by atoms with E-state index in [0.717, 1.165) is 28.3 Å². The fourth-order valence-electron chi connectivity index (χ4n) is 1.81. The summed E-state index contributed by atoms with van der Waals surface area (Å²) in [6.07, 6.45) is 2.58. The van der Waals surface area contributed by atoms with E-state index >= 15 is 0 Å². The van der Waals surface area contributed by atoms with E-state index in [4.69, 9.17) is 9.15 Å². The predicted molar refractivity (Wildman–Crippen MR) is 77.0 cm³/mol. The zero-order chi connectivity index (χ0) is 13.1. The van der Waals surface area contributed by atoms with Crippen molar-refractivity contribution in [1.29, 1.82) is 0 Å². The first-order valence-electron chi connectivity index (χ1n) is 6.49. The van der Waals surface area contributed by atoms with Crippen molar-refractivity contribution in [2.24, 2.45) is 0 Å². The molecule has 0 spiro atoms. The number of hydrogen-bond donors (Lipinski definition) is 1. The van der Waals surface area contributed by atoms with Gasteiger partial charge in [0.2, 0.25) is 0 Å². The molecule has 100 valence electrons. The highest BCUT2D eigenvalue weighted by Gasteiger charge is 2.20. The van der Waals surface area contributed by atoms with Gasteiger partial charge in [-0.3, -0.25) is 0 Å². The van der Waals surface area contributed by atoms with Crippen LogP contribution in [0.4, 0.5) is 0 Å². The summed E-state index contributed by atoms with van der Waals surface area (Å²) in [5.74, 6) is 2.68. The first-order valence-corrected chi connectivity index (χ1v) is 7.28. The lowest BCUT2D eigenvalue weighted by molar-refractivity contribution is 0.265. The van der Waals surface area contributed by atoms with Gasteiger partial charge in [-0.25, -0.2) is 0 Å². The molecule has 0 aliphatic heterocycles. The Morgan fingerprint density at radius 1 is 1.11 bits per heavy atom. The van der Waals surface area contributed by atoms with Crippen molar-refractivity contribution in [2.45, 2.75) is 32.0 Å². The lowest BCUT2D eigenvalue weighted by Gasteiger charge is -2.04. The third-order valence-electron chi connectivity index (χ3n) is 3.05. The maximum atomic E-state index is 5.71. The molecule has 1 aromatic carbocycles. The van der Waals surface area contributed by atoms with E-state index < -0.39 is 0 Å². The topological polar surface area (TPSA) is 34.4 Å². The minimum atomic E-state index is 0.463. The van der Waals surface area contributed by atoms with Crippen LogP contribution in [0, 0.1) is 0 Å². The Bertz CT molecular complexity index is 531. The monoisotopic (exact) mass is 321 g/mol. The fourth-order valence-corrected chi connectivity index (χ4v) is 2.08. The normalized spacial score (nSPS) is 14.6. The Balaban J connectivity index is 1.50. The molecule has 0 radical (unpaired) electrons. The van der Waals surface area contributed by atoms with Gasteiger partial charge < -0.3 is 14.5 Å². The minimum absolute atomic E-state index is 0.463. The zero-order valence-electron chi connectivity index (χ0n) is 10.6. The number of nitrogens with one attached hydrogen (secondary N) is 1. The molecule has 19 heavy (non-hydrogen) atoms. The Morgan fingerprint density at radius 2 is 1.84 bits per heavy atom. The highest BCUT2D eigenvalue weighted by atomic mass is 79.9. The molecular formula is C15H16BrNO2. The van der Waals surface area contributed by atoms with Gasteiger partial charge in [0.25, 0.3) is 0 Å². The molecule has 1 heterocycles. The molecule has 0 unspecified atom stereocenters. The number of benzene rings is 1. The molecule has 0 saturated heterocycles. The molecule has 1 N–H and O–H groups in total. The summed E-state index contributed by atoms with van der Waals surface area (Å²) in [5.41, 5.74) is 0. The van der Waals surface area contributed by atoms with Crippen LogP contribution in [0.25, 0.3) is 0 Å². The number of halogens is 1. The van der Waals surface area contributed by atoms with E-state index in [0.29, 0.717) is 12.6 Å². The first kappa shape index (κ1) is 12.8. The molecule has 0 amide bonds. The van der Waals surface area contributed by atoms with Gasteiger partial charge in [0.15, 0.2) is 0 Å². The average molecular weight is 322 g/mol.